The number of hydrogen-bond acceptors (Lipinski definition) is 3. The first-order chi connectivity index (χ1) is 13.0. The molecule has 4 rings (SSSR count). The van der Waals surface area contributed by atoms with Crippen LogP contribution >= 0.6 is 15.9 Å². The predicted octanol–water partition coefficient (Wildman–Crippen LogP) is 4.49. The smallest absolute Gasteiger partial charge is 0.257 e. The number of nitrogens with one attached hydrogen (secondary N) is 1. The minimum absolute atomic E-state index is 0.0777. The largest absolute Gasteiger partial charge is 0.354 e. The third-order valence-corrected chi connectivity index (χ3v) is 5.88. The van der Waals surface area contributed by atoms with E-state index in [2.05, 4.69) is 26.1 Å². The zero-order valence-corrected chi connectivity index (χ0v) is 16.8. The minimum Gasteiger partial charge on any atom is -0.354 e. The van der Waals surface area contributed by atoms with Crippen LogP contribution in [0.1, 0.15) is 46.4 Å². The molecule has 2 aliphatic rings. The molecular weight excluding hydrogens is 406 g/mol. The number of anilines is 2. The van der Waals surface area contributed by atoms with Gasteiger partial charge in [-0.1, -0.05) is 28.4 Å². The van der Waals surface area contributed by atoms with Crippen LogP contribution in [0.5, 0.6) is 0 Å². The Morgan fingerprint density at radius 2 is 2.00 bits per heavy atom. The van der Waals surface area contributed by atoms with Crippen molar-refractivity contribution in [3.63, 3.8) is 0 Å². The summed E-state index contributed by atoms with van der Waals surface area (Å²) >= 11 is 3.41. The minimum atomic E-state index is -0.181. The Morgan fingerprint density at radius 1 is 1.15 bits per heavy atom. The molecule has 1 N–H and O–H groups in total. The molecule has 140 valence electrons. The Labute approximate surface area is 167 Å². The van der Waals surface area contributed by atoms with E-state index in [9.17, 15) is 9.59 Å². The third-order valence-electron chi connectivity index (χ3n) is 5.38. The van der Waals surface area contributed by atoms with Crippen molar-refractivity contribution < 1.29 is 9.59 Å². The SMILES string of the molecule is CN1c2cc(C(=O)Nc3cccc(Br)c3)ccc2C(=O)N2CCCCCC21. The number of benzene rings is 2. The number of fused-ring (bicyclic) bond motifs is 2. The Balaban J connectivity index is 1.63. The summed E-state index contributed by atoms with van der Waals surface area (Å²) in [5.74, 6) is -0.103. The van der Waals surface area contributed by atoms with Gasteiger partial charge in [-0.3, -0.25) is 9.59 Å². The van der Waals surface area contributed by atoms with Gasteiger partial charge in [-0.2, -0.15) is 0 Å². The van der Waals surface area contributed by atoms with Gasteiger partial charge in [0.1, 0.15) is 6.17 Å². The molecule has 0 aromatic heterocycles. The summed E-state index contributed by atoms with van der Waals surface area (Å²) in [4.78, 5) is 29.8. The highest BCUT2D eigenvalue weighted by Gasteiger charge is 2.36. The van der Waals surface area contributed by atoms with Crippen LogP contribution in [0.25, 0.3) is 0 Å². The molecule has 0 radical (unpaired) electrons. The summed E-state index contributed by atoms with van der Waals surface area (Å²) < 4.78 is 0.907. The van der Waals surface area contributed by atoms with Crippen LogP contribution in [0.15, 0.2) is 46.9 Å². The van der Waals surface area contributed by atoms with E-state index >= 15 is 0 Å². The average molecular weight is 428 g/mol. The topological polar surface area (TPSA) is 52.7 Å². The Morgan fingerprint density at radius 3 is 2.81 bits per heavy atom. The van der Waals surface area contributed by atoms with Gasteiger partial charge in [-0.15, -0.1) is 0 Å². The molecule has 27 heavy (non-hydrogen) atoms. The van der Waals surface area contributed by atoms with Crippen molar-refractivity contribution in [3.8, 4) is 0 Å². The van der Waals surface area contributed by atoms with Crippen LogP contribution < -0.4 is 10.2 Å². The molecule has 1 atom stereocenters. The highest BCUT2D eigenvalue weighted by Crippen LogP contribution is 2.34. The van der Waals surface area contributed by atoms with E-state index in [0.717, 1.165) is 48.1 Å². The number of amides is 2. The standard InChI is InChI=1S/C21H22BrN3O2/c1-24-18-12-14(20(26)23-16-7-5-6-15(22)13-16)9-10-17(18)21(27)25-11-4-2-3-8-19(24)25/h5-7,9-10,12-13,19H,2-4,8,11H2,1H3,(H,23,26). The fraction of sp³-hybridized carbons (Fsp3) is 0.333. The molecule has 6 heteroatoms. The average Bonchev–Trinajstić information content (AvgIpc) is 2.92. The maximum Gasteiger partial charge on any atom is 0.257 e. The molecule has 1 saturated heterocycles. The predicted molar refractivity (Wildman–Crippen MR) is 110 cm³/mol. The zero-order valence-electron chi connectivity index (χ0n) is 15.2. The van der Waals surface area contributed by atoms with Gasteiger partial charge in [0.15, 0.2) is 0 Å². The van der Waals surface area contributed by atoms with Crippen molar-refractivity contribution in [1.82, 2.24) is 4.90 Å². The highest BCUT2D eigenvalue weighted by molar-refractivity contribution is 9.10. The Hall–Kier alpha value is -2.34. The molecule has 0 saturated carbocycles. The van der Waals surface area contributed by atoms with Crippen molar-refractivity contribution in [2.24, 2.45) is 0 Å². The van der Waals surface area contributed by atoms with Gasteiger partial charge in [0.05, 0.1) is 11.3 Å². The van der Waals surface area contributed by atoms with Gasteiger partial charge in [0.25, 0.3) is 11.8 Å². The normalized spacial score (nSPS) is 19.2. The van der Waals surface area contributed by atoms with Crippen LogP contribution in [-0.2, 0) is 0 Å². The highest BCUT2D eigenvalue weighted by atomic mass is 79.9. The van der Waals surface area contributed by atoms with Crippen molar-refractivity contribution in [3.05, 3.63) is 58.1 Å². The first-order valence-electron chi connectivity index (χ1n) is 9.29. The second-order valence-corrected chi connectivity index (χ2v) is 8.05. The Bertz CT molecular complexity index is 899. The maximum atomic E-state index is 13.0. The number of carbonyl (C=O) groups is 2. The summed E-state index contributed by atoms with van der Waals surface area (Å²) in [6.45, 7) is 0.804. The quantitative estimate of drug-likeness (QED) is 0.767. The zero-order chi connectivity index (χ0) is 19.0. The number of hydrogen-bond donors (Lipinski definition) is 1. The van der Waals surface area contributed by atoms with Crippen molar-refractivity contribution >= 4 is 39.1 Å². The molecule has 0 spiro atoms. The molecule has 2 aromatic rings. The molecule has 1 unspecified atom stereocenters. The van der Waals surface area contributed by atoms with E-state index in [0.29, 0.717) is 11.1 Å². The van der Waals surface area contributed by atoms with Crippen LogP contribution in [-0.4, -0.2) is 36.5 Å². The molecule has 0 aliphatic carbocycles. The second kappa shape index (κ2) is 7.35. The van der Waals surface area contributed by atoms with Crippen LogP contribution in [0.3, 0.4) is 0 Å². The van der Waals surface area contributed by atoms with Crippen LogP contribution in [0.2, 0.25) is 0 Å². The molecule has 2 heterocycles. The van der Waals surface area contributed by atoms with E-state index in [1.165, 1.54) is 0 Å². The summed E-state index contributed by atoms with van der Waals surface area (Å²) in [5.41, 5.74) is 2.79. The molecular formula is C21H22BrN3O2. The van der Waals surface area contributed by atoms with Gasteiger partial charge in [0.2, 0.25) is 0 Å². The first-order valence-corrected chi connectivity index (χ1v) is 10.1. The first kappa shape index (κ1) is 18.0. The van der Waals surface area contributed by atoms with E-state index in [1.54, 1.807) is 12.1 Å². The van der Waals surface area contributed by atoms with E-state index in [1.807, 2.05) is 42.3 Å². The lowest BCUT2D eigenvalue weighted by Gasteiger charge is -2.43. The molecule has 2 aromatic carbocycles. The summed E-state index contributed by atoms with van der Waals surface area (Å²) in [6, 6.07) is 12.8. The van der Waals surface area contributed by atoms with Gasteiger partial charge >= 0.3 is 0 Å². The fourth-order valence-corrected chi connectivity index (χ4v) is 4.36. The van der Waals surface area contributed by atoms with Crippen molar-refractivity contribution in [1.29, 1.82) is 0 Å². The lowest BCUT2D eigenvalue weighted by atomic mass is 10.0. The summed E-state index contributed by atoms with van der Waals surface area (Å²) in [6.07, 6.45) is 4.38. The van der Waals surface area contributed by atoms with E-state index in [4.69, 9.17) is 0 Å². The molecule has 2 amide bonds. The molecule has 5 nitrogen and oxygen atoms in total. The summed E-state index contributed by atoms with van der Waals surface area (Å²) in [7, 11) is 2.02. The van der Waals surface area contributed by atoms with Crippen LogP contribution in [0.4, 0.5) is 11.4 Å². The monoisotopic (exact) mass is 427 g/mol. The third kappa shape index (κ3) is 3.46. The van der Waals surface area contributed by atoms with Crippen LogP contribution in [0, 0.1) is 0 Å². The lowest BCUT2D eigenvalue weighted by Crippen LogP contribution is -2.53. The van der Waals surface area contributed by atoms with Crippen molar-refractivity contribution in [2.45, 2.75) is 31.8 Å². The van der Waals surface area contributed by atoms with Gasteiger partial charge in [-0.25, -0.2) is 0 Å². The van der Waals surface area contributed by atoms with E-state index < -0.39 is 0 Å². The molecule has 1 fully saturated rings. The molecule has 2 aliphatic heterocycles. The Kier molecular flexibility index (Phi) is 4.91. The van der Waals surface area contributed by atoms with E-state index in [-0.39, 0.29) is 18.0 Å². The van der Waals surface area contributed by atoms with Gasteiger partial charge in [-0.05, 0) is 55.7 Å². The maximum absolute atomic E-state index is 13.0. The number of carbonyl (C=O) groups excluding carboxylic acids is 2. The number of nitrogens with zero attached hydrogens (tertiary/aromatic N) is 2. The van der Waals surface area contributed by atoms with Crippen molar-refractivity contribution in [2.75, 3.05) is 23.8 Å². The summed E-state index contributed by atoms with van der Waals surface area (Å²) in [5, 5.41) is 2.92. The molecule has 0 bridgehead atoms. The second-order valence-electron chi connectivity index (χ2n) is 7.14. The van der Waals surface area contributed by atoms with Gasteiger partial charge < -0.3 is 15.1 Å². The lowest BCUT2D eigenvalue weighted by molar-refractivity contribution is 0.0661. The number of halogens is 1. The van der Waals surface area contributed by atoms with Gasteiger partial charge in [0, 0.05) is 29.3 Å². The fourth-order valence-electron chi connectivity index (χ4n) is 3.96. The number of rotatable bonds is 2.